The molecule has 1 saturated heterocycles. The zero-order valence-corrected chi connectivity index (χ0v) is 36.6. The Morgan fingerprint density at radius 1 is 0.621 bits per heavy atom. The molecule has 0 spiro atoms. The second kappa shape index (κ2) is 37.4. The van der Waals surface area contributed by atoms with Crippen LogP contribution < -0.4 is 0 Å². The van der Waals surface area contributed by atoms with Crippen molar-refractivity contribution in [1.82, 2.24) is 0 Å². The number of hydrogen-bond acceptors (Lipinski definition) is 10. The number of unbranched alkanes of at least 4 members (excludes halogenated alkanes) is 10. The summed E-state index contributed by atoms with van der Waals surface area (Å²) in [5.74, 6) is -1.07. The minimum Gasteiger partial charge on any atom is -0.462 e. The van der Waals surface area contributed by atoms with Crippen LogP contribution in [0.4, 0.5) is 0 Å². The Hall–Kier alpha value is -2.63. The smallest absolute Gasteiger partial charge is 0.462 e. The van der Waals surface area contributed by atoms with Crippen LogP contribution in [0.25, 0.3) is 0 Å². The molecule has 0 aromatic rings. The summed E-state index contributed by atoms with van der Waals surface area (Å²) in [6.45, 7) is 2.19. The number of hydrogen-bond donors (Lipinski definition) is 3. The van der Waals surface area contributed by atoms with Crippen LogP contribution in [0.3, 0.4) is 0 Å². The summed E-state index contributed by atoms with van der Waals surface area (Å²) in [7, 11) is -4.66. The van der Waals surface area contributed by atoms with Crippen LogP contribution in [-0.2, 0) is 37.4 Å². The number of allylic oxidation sites excluding steroid dienone is 11. The maximum absolute atomic E-state index is 12.7. The molecule has 3 unspecified atom stereocenters. The molecule has 1 aliphatic rings. The number of rotatable bonds is 39. The SMILES string of the molecule is CCCCC/C=C\C/C=C\C/C=C\CC1OC1CCCC(=O)O[C@H](COC(=O)CCC/C=C\C/C=C\C/C=C\CCCCCCCC)COP(=O)(O)OC[C@@H](O)CO. The molecule has 58 heavy (non-hydrogen) atoms. The third kappa shape index (κ3) is 34.3. The van der Waals surface area contributed by atoms with Crippen LogP contribution in [0.2, 0.25) is 0 Å². The molecule has 1 fully saturated rings. The van der Waals surface area contributed by atoms with Crippen LogP contribution >= 0.6 is 7.82 Å². The van der Waals surface area contributed by atoms with Crippen molar-refractivity contribution in [3.63, 3.8) is 0 Å². The van der Waals surface area contributed by atoms with Gasteiger partial charge < -0.3 is 29.3 Å². The largest absolute Gasteiger partial charge is 0.472 e. The Morgan fingerprint density at radius 3 is 1.74 bits per heavy atom. The fourth-order valence-electron chi connectivity index (χ4n) is 5.74. The summed E-state index contributed by atoms with van der Waals surface area (Å²) >= 11 is 0. The van der Waals surface area contributed by atoms with Crippen LogP contribution in [0.1, 0.15) is 155 Å². The fraction of sp³-hybridized carbons (Fsp3) is 0.696. The highest BCUT2D eigenvalue weighted by atomic mass is 31.2. The highest BCUT2D eigenvalue weighted by Crippen LogP contribution is 2.43. The van der Waals surface area contributed by atoms with E-state index < -0.39 is 51.8 Å². The van der Waals surface area contributed by atoms with E-state index in [9.17, 15) is 24.2 Å². The number of phosphoric ester groups is 1. The minimum absolute atomic E-state index is 0.0794. The van der Waals surface area contributed by atoms with Crippen LogP contribution in [0.5, 0.6) is 0 Å². The first-order chi connectivity index (χ1) is 28.2. The fourth-order valence-corrected chi connectivity index (χ4v) is 6.53. The molecule has 5 atom stereocenters. The van der Waals surface area contributed by atoms with Crippen LogP contribution in [-0.4, -0.2) is 77.9 Å². The highest BCUT2D eigenvalue weighted by Gasteiger charge is 2.37. The van der Waals surface area contributed by atoms with Crippen molar-refractivity contribution in [3.8, 4) is 0 Å². The zero-order chi connectivity index (χ0) is 42.4. The molecular formula is C46H77O11P. The zero-order valence-electron chi connectivity index (χ0n) is 35.7. The first kappa shape index (κ1) is 53.4. The average Bonchev–Trinajstić information content (AvgIpc) is 3.97. The summed E-state index contributed by atoms with van der Waals surface area (Å²) in [5.41, 5.74) is 0. The molecule has 0 amide bonds. The van der Waals surface area contributed by atoms with Gasteiger partial charge in [-0.2, -0.15) is 0 Å². The predicted molar refractivity (Wildman–Crippen MR) is 232 cm³/mol. The molecular weight excluding hydrogens is 759 g/mol. The first-order valence-electron chi connectivity index (χ1n) is 22.0. The van der Waals surface area contributed by atoms with E-state index in [4.69, 9.17) is 23.8 Å². The summed E-state index contributed by atoms with van der Waals surface area (Å²) < 4.78 is 38.4. The number of aliphatic hydroxyl groups excluding tert-OH is 2. The maximum atomic E-state index is 12.7. The van der Waals surface area contributed by atoms with Crippen molar-refractivity contribution in [2.45, 2.75) is 180 Å². The Bertz CT molecular complexity index is 1260. The van der Waals surface area contributed by atoms with E-state index in [0.717, 1.165) is 44.9 Å². The molecule has 0 aromatic carbocycles. The third-order valence-electron chi connectivity index (χ3n) is 9.26. The molecule has 11 nitrogen and oxygen atoms in total. The van der Waals surface area contributed by atoms with E-state index in [-0.39, 0.29) is 31.7 Å². The third-order valence-corrected chi connectivity index (χ3v) is 10.2. The lowest BCUT2D eigenvalue weighted by atomic mass is 10.1. The van der Waals surface area contributed by atoms with E-state index in [0.29, 0.717) is 25.7 Å². The van der Waals surface area contributed by atoms with Gasteiger partial charge >= 0.3 is 19.8 Å². The standard InChI is InChI=1S/C46H77O11P/c1-3-5-7-9-11-13-15-17-18-19-20-21-23-25-27-29-31-35-45(49)53-39-42(40-55-58(51,52)54-38-41(48)37-47)56-46(50)36-32-34-44-43(57-44)33-30-28-26-24-22-16-14-12-10-8-6-4-2/h12,14,17-18,20-22,24-25,27-28,30,41-44,47-48H,3-11,13,15-16,19,23,26,29,31-40H2,1-2H3,(H,51,52)/b14-12-,18-17-,21-20-,24-22-,27-25-,30-28-/t41-,42+,43?,44?/m0/s1. The van der Waals surface area contributed by atoms with Gasteiger partial charge in [-0.1, -0.05) is 132 Å². The van der Waals surface area contributed by atoms with Gasteiger partial charge in [0, 0.05) is 12.8 Å². The number of carbonyl (C=O) groups excluding carboxylic acids is 2. The molecule has 3 N–H and O–H groups in total. The van der Waals surface area contributed by atoms with Gasteiger partial charge in [0.05, 0.1) is 32.0 Å². The molecule has 1 heterocycles. The number of aliphatic hydroxyl groups is 2. The molecule has 12 heteroatoms. The normalized spacial score (nSPS) is 18.0. The van der Waals surface area contributed by atoms with Gasteiger partial charge in [0.15, 0.2) is 6.10 Å². The second-order valence-electron chi connectivity index (χ2n) is 14.7. The topological polar surface area (TPSA) is 161 Å². The van der Waals surface area contributed by atoms with E-state index in [2.05, 4.69) is 85.2 Å². The van der Waals surface area contributed by atoms with Crippen LogP contribution in [0, 0.1) is 0 Å². The van der Waals surface area contributed by atoms with Gasteiger partial charge in [-0.15, -0.1) is 0 Å². The Kier molecular flexibility index (Phi) is 34.4. The van der Waals surface area contributed by atoms with Crippen molar-refractivity contribution in [2.24, 2.45) is 0 Å². The van der Waals surface area contributed by atoms with Crippen molar-refractivity contribution in [3.05, 3.63) is 72.9 Å². The number of epoxide rings is 1. The molecule has 0 aliphatic carbocycles. The molecule has 0 radical (unpaired) electrons. The lowest BCUT2D eigenvalue weighted by Gasteiger charge is -2.20. The molecule has 0 bridgehead atoms. The van der Waals surface area contributed by atoms with Gasteiger partial charge in [-0.25, -0.2) is 4.57 Å². The van der Waals surface area contributed by atoms with E-state index in [1.807, 2.05) is 6.08 Å². The Labute approximate surface area is 350 Å². The van der Waals surface area contributed by atoms with E-state index in [1.165, 1.54) is 57.8 Å². The first-order valence-corrected chi connectivity index (χ1v) is 23.5. The number of carbonyl (C=O) groups is 2. The lowest BCUT2D eigenvalue weighted by molar-refractivity contribution is -0.161. The molecule has 1 rings (SSSR count). The molecule has 332 valence electrons. The Morgan fingerprint density at radius 2 is 1.12 bits per heavy atom. The minimum atomic E-state index is -4.66. The lowest BCUT2D eigenvalue weighted by Crippen LogP contribution is -2.29. The quantitative estimate of drug-likeness (QED) is 0.0178. The highest BCUT2D eigenvalue weighted by molar-refractivity contribution is 7.47. The summed E-state index contributed by atoms with van der Waals surface area (Å²) in [6.07, 6.45) is 44.6. The number of phosphoric acid groups is 1. The number of ether oxygens (including phenoxy) is 3. The summed E-state index contributed by atoms with van der Waals surface area (Å²) in [6, 6.07) is 0. The molecule has 1 aliphatic heterocycles. The van der Waals surface area contributed by atoms with Crippen molar-refractivity contribution >= 4 is 19.8 Å². The van der Waals surface area contributed by atoms with Gasteiger partial charge in [0.25, 0.3) is 0 Å². The second-order valence-corrected chi connectivity index (χ2v) is 16.2. The van der Waals surface area contributed by atoms with E-state index >= 15 is 0 Å². The van der Waals surface area contributed by atoms with Gasteiger partial charge in [-0.3, -0.25) is 18.6 Å². The average molecular weight is 837 g/mol. The Balaban J connectivity index is 2.35. The summed E-state index contributed by atoms with van der Waals surface area (Å²) in [5, 5.41) is 18.4. The van der Waals surface area contributed by atoms with Crippen molar-refractivity contribution < 1.29 is 52.5 Å². The number of esters is 2. The van der Waals surface area contributed by atoms with Gasteiger partial charge in [-0.05, 0) is 83.5 Å². The molecule has 0 aromatic heterocycles. The maximum Gasteiger partial charge on any atom is 0.472 e. The monoisotopic (exact) mass is 837 g/mol. The van der Waals surface area contributed by atoms with Gasteiger partial charge in [0.1, 0.15) is 12.7 Å². The van der Waals surface area contributed by atoms with Crippen molar-refractivity contribution in [2.75, 3.05) is 26.4 Å². The molecule has 0 saturated carbocycles. The van der Waals surface area contributed by atoms with Gasteiger partial charge in [0.2, 0.25) is 0 Å². The predicted octanol–water partition coefficient (Wildman–Crippen LogP) is 10.7. The van der Waals surface area contributed by atoms with Crippen molar-refractivity contribution in [1.29, 1.82) is 0 Å². The van der Waals surface area contributed by atoms with Crippen LogP contribution in [0.15, 0.2) is 72.9 Å². The summed E-state index contributed by atoms with van der Waals surface area (Å²) in [4.78, 5) is 35.1. The van der Waals surface area contributed by atoms with E-state index in [1.54, 1.807) is 0 Å².